The minimum Gasteiger partial charge on any atom is -0.507 e. The summed E-state index contributed by atoms with van der Waals surface area (Å²) in [6.45, 7) is 6.18. The predicted octanol–water partition coefficient (Wildman–Crippen LogP) is 1.94. The number of nitrogens with one attached hydrogen (secondary N) is 1. The van der Waals surface area contributed by atoms with Crippen LogP contribution < -0.4 is 11.1 Å². The van der Waals surface area contributed by atoms with Crippen LogP contribution in [-0.2, 0) is 0 Å². The van der Waals surface area contributed by atoms with E-state index in [1.807, 2.05) is 5.32 Å². The number of carbonyl (C=O) groups excluding carboxylic acids is 1. The Hall–Kier alpha value is -2.76. The number of phenols is 1. The number of aromatic hydroxyl groups is 1. The fourth-order valence-corrected chi connectivity index (χ4v) is 1.30. The molecule has 0 saturated heterocycles. The van der Waals surface area contributed by atoms with E-state index >= 15 is 0 Å². The average molecular weight is 300 g/mol. The second-order valence-electron chi connectivity index (χ2n) is 3.90. The molecule has 4 N–H and O–H groups in total. The lowest BCUT2D eigenvalue weighted by Gasteiger charge is -2.07. The van der Waals surface area contributed by atoms with Crippen molar-refractivity contribution in [3.8, 4) is 5.75 Å². The van der Waals surface area contributed by atoms with E-state index < -0.39 is 31.0 Å². The highest BCUT2D eigenvalue weighted by atomic mass is 19.4. The van der Waals surface area contributed by atoms with Gasteiger partial charge in [-0.1, -0.05) is 6.07 Å². The molecule has 0 heterocycles. The first-order valence-electron chi connectivity index (χ1n) is 5.61. The summed E-state index contributed by atoms with van der Waals surface area (Å²) >= 11 is 0. The molecule has 0 aliphatic carbocycles. The van der Waals surface area contributed by atoms with E-state index in [1.54, 1.807) is 0 Å². The summed E-state index contributed by atoms with van der Waals surface area (Å²) in [5.41, 5.74) is 5.16. The van der Waals surface area contributed by atoms with E-state index in [4.69, 9.17) is 12.3 Å². The Balaban J connectivity index is 2.73. The summed E-state index contributed by atoms with van der Waals surface area (Å²) in [6, 6.07) is 3.58. The zero-order valence-electron chi connectivity index (χ0n) is 10.6. The lowest BCUT2D eigenvalue weighted by atomic mass is 10.1. The number of benzene rings is 1. The fraction of sp³-hybridized carbons (Fsp3) is 0.250. The van der Waals surface area contributed by atoms with Gasteiger partial charge >= 0.3 is 6.18 Å². The zero-order valence-corrected chi connectivity index (χ0v) is 10.6. The maximum absolute atomic E-state index is 11.9. The molecule has 0 saturated carbocycles. The smallest absolute Gasteiger partial charge is 0.390 e. The number of alkyl halides is 3. The molecule has 112 valence electrons. The molecule has 0 aliphatic rings. The number of hydrogen-bond acceptors (Lipinski definition) is 3. The molecule has 1 amide bonds. The van der Waals surface area contributed by atoms with Gasteiger partial charge in [-0.15, -0.1) is 0 Å². The highest BCUT2D eigenvalue weighted by Crippen LogP contribution is 2.23. The van der Waals surface area contributed by atoms with Crippen LogP contribution >= 0.6 is 0 Å². The molecule has 0 atom stereocenters. The molecule has 0 radical (unpaired) electrons. The molecule has 0 fully saturated rings. The van der Waals surface area contributed by atoms with Crippen molar-refractivity contribution in [2.45, 2.75) is 12.6 Å². The number of nitrogens with two attached hydrogens (primary N) is 1. The average Bonchev–Trinajstić information content (AvgIpc) is 2.37. The summed E-state index contributed by atoms with van der Waals surface area (Å²) < 4.78 is 35.7. The largest absolute Gasteiger partial charge is 0.507 e. The summed E-state index contributed by atoms with van der Waals surface area (Å²) in [4.78, 5) is 18.2. The van der Waals surface area contributed by atoms with Crippen molar-refractivity contribution >= 4 is 17.6 Å². The third-order valence-corrected chi connectivity index (χ3v) is 2.27. The van der Waals surface area contributed by atoms with Crippen molar-refractivity contribution in [1.29, 1.82) is 0 Å². The first kappa shape index (κ1) is 16.3. The Morgan fingerprint density at radius 2 is 2.14 bits per heavy atom. The predicted molar refractivity (Wildman–Crippen MR) is 69.0 cm³/mol. The van der Waals surface area contributed by atoms with Gasteiger partial charge in [-0.3, -0.25) is 15.1 Å². The molecular formula is C12H11F3N4O2. The summed E-state index contributed by atoms with van der Waals surface area (Å²) in [6.07, 6.45) is -5.53. The van der Waals surface area contributed by atoms with Crippen molar-refractivity contribution in [3.05, 3.63) is 35.2 Å². The number of amides is 1. The SMILES string of the molecule is [C-]#[N+]c1ccc(O)c(C(=O)NC(N)=NCCC(F)(F)F)c1. The van der Waals surface area contributed by atoms with Crippen LogP contribution in [0.5, 0.6) is 5.75 Å². The van der Waals surface area contributed by atoms with Gasteiger partial charge in [0.05, 0.1) is 25.1 Å². The Labute approximate surface area is 117 Å². The summed E-state index contributed by atoms with van der Waals surface area (Å²) in [5, 5.41) is 11.5. The minimum atomic E-state index is -4.37. The number of halogens is 3. The van der Waals surface area contributed by atoms with E-state index in [0.717, 1.165) is 12.1 Å². The lowest BCUT2D eigenvalue weighted by molar-refractivity contribution is -0.132. The van der Waals surface area contributed by atoms with E-state index in [2.05, 4.69) is 9.84 Å². The van der Waals surface area contributed by atoms with Crippen LogP contribution in [0.25, 0.3) is 4.85 Å². The van der Waals surface area contributed by atoms with Gasteiger partial charge in [-0.05, 0) is 12.1 Å². The Kier molecular flexibility index (Phi) is 5.12. The molecule has 0 aliphatic heterocycles. The quantitative estimate of drug-likeness (QED) is 0.452. The molecule has 0 aromatic heterocycles. The highest BCUT2D eigenvalue weighted by Gasteiger charge is 2.26. The minimum absolute atomic E-state index is 0.116. The van der Waals surface area contributed by atoms with E-state index in [-0.39, 0.29) is 17.0 Å². The zero-order chi connectivity index (χ0) is 16.0. The first-order chi connectivity index (χ1) is 9.73. The highest BCUT2D eigenvalue weighted by molar-refractivity contribution is 6.07. The molecule has 0 unspecified atom stereocenters. The van der Waals surface area contributed by atoms with Crippen molar-refractivity contribution in [2.24, 2.45) is 10.7 Å². The van der Waals surface area contributed by atoms with E-state index in [9.17, 15) is 23.1 Å². The summed E-state index contributed by atoms with van der Waals surface area (Å²) in [5.74, 6) is -1.76. The van der Waals surface area contributed by atoms with Gasteiger partial charge in [0, 0.05) is 0 Å². The maximum atomic E-state index is 11.9. The van der Waals surface area contributed by atoms with Gasteiger partial charge in [0.1, 0.15) is 5.75 Å². The van der Waals surface area contributed by atoms with Crippen LogP contribution in [0.15, 0.2) is 23.2 Å². The molecule has 1 aromatic carbocycles. The standard InChI is InChI=1S/C12H11F3N4O2/c1-17-7-2-3-9(20)8(6-7)10(21)19-11(16)18-5-4-12(13,14)15/h2-3,6,20H,4-5H2,(H3,16,18,19,21). The Morgan fingerprint density at radius 1 is 1.48 bits per heavy atom. The van der Waals surface area contributed by atoms with Crippen LogP contribution in [0, 0.1) is 6.57 Å². The number of carbonyl (C=O) groups is 1. The second kappa shape index (κ2) is 6.60. The molecule has 1 aromatic rings. The Bertz CT molecular complexity index is 606. The maximum Gasteiger partial charge on any atom is 0.390 e. The van der Waals surface area contributed by atoms with Crippen LogP contribution in [0.3, 0.4) is 0 Å². The fourth-order valence-electron chi connectivity index (χ4n) is 1.30. The second-order valence-corrected chi connectivity index (χ2v) is 3.90. The van der Waals surface area contributed by atoms with Gasteiger partial charge in [-0.2, -0.15) is 13.2 Å². The van der Waals surface area contributed by atoms with E-state index in [0.29, 0.717) is 0 Å². The topological polar surface area (TPSA) is 92.1 Å². The normalized spacial score (nSPS) is 11.8. The van der Waals surface area contributed by atoms with Crippen molar-refractivity contribution in [2.75, 3.05) is 6.54 Å². The molecule has 21 heavy (non-hydrogen) atoms. The lowest BCUT2D eigenvalue weighted by Crippen LogP contribution is -2.37. The van der Waals surface area contributed by atoms with Crippen LogP contribution in [0.4, 0.5) is 18.9 Å². The van der Waals surface area contributed by atoms with Crippen molar-refractivity contribution in [3.63, 3.8) is 0 Å². The summed E-state index contributed by atoms with van der Waals surface area (Å²) in [7, 11) is 0. The molecular weight excluding hydrogens is 289 g/mol. The van der Waals surface area contributed by atoms with Gasteiger partial charge in [-0.25, -0.2) is 4.85 Å². The number of guanidine groups is 1. The van der Waals surface area contributed by atoms with Gasteiger partial charge < -0.3 is 10.8 Å². The van der Waals surface area contributed by atoms with Gasteiger partial charge in [0.2, 0.25) is 0 Å². The molecule has 1 rings (SSSR count). The van der Waals surface area contributed by atoms with Crippen LogP contribution in [0.2, 0.25) is 0 Å². The molecule has 9 heteroatoms. The van der Waals surface area contributed by atoms with Gasteiger partial charge in [0.25, 0.3) is 5.91 Å². The third kappa shape index (κ3) is 5.40. The molecule has 6 nitrogen and oxygen atoms in total. The van der Waals surface area contributed by atoms with Crippen molar-refractivity contribution in [1.82, 2.24) is 5.32 Å². The number of rotatable bonds is 3. The van der Waals surface area contributed by atoms with Crippen molar-refractivity contribution < 1.29 is 23.1 Å². The number of nitrogens with zero attached hydrogens (tertiary/aromatic N) is 2. The van der Waals surface area contributed by atoms with Gasteiger partial charge in [0.15, 0.2) is 11.6 Å². The number of hydrogen-bond donors (Lipinski definition) is 3. The van der Waals surface area contributed by atoms with Crippen LogP contribution in [-0.4, -0.2) is 29.7 Å². The monoisotopic (exact) mass is 300 g/mol. The third-order valence-electron chi connectivity index (χ3n) is 2.27. The van der Waals surface area contributed by atoms with E-state index in [1.165, 1.54) is 6.07 Å². The first-order valence-corrected chi connectivity index (χ1v) is 5.61. The Morgan fingerprint density at radius 3 is 2.71 bits per heavy atom. The number of aliphatic imine (C=N–C) groups is 1. The van der Waals surface area contributed by atoms with Crippen LogP contribution in [0.1, 0.15) is 16.8 Å². The molecule has 0 spiro atoms. The number of phenolic OH excluding ortho intramolecular Hbond substituents is 1. The molecule has 0 bridgehead atoms.